The maximum absolute atomic E-state index is 9.20. The average Bonchev–Trinajstić information content (AvgIpc) is 2.17. The van der Waals surface area contributed by atoms with E-state index in [-0.39, 0.29) is 12.7 Å². The number of hydrogen-bond donors (Lipinski definition) is 2. The summed E-state index contributed by atoms with van der Waals surface area (Å²) in [4.78, 5) is 0. The fraction of sp³-hybridized carbons (Fsp3) is 1.00. The molecular weight excluding hydrogens is 156 g/mol. The quantitative estimate of drug-likeness (QED) is 0.528. The van der Waals surface area contributed by atoms with Crippen molar-refractivity contribution in [2.45, 2.75) is 30.6 Å². The van der Waals surface area contributed by atoms with Crippen molar-refractivity contribution in [1.29, 1.82) is 0 Å². The van der Waals surface area contributed by atoms with Gasteiger partial charge in [0.25, 0.3) is 0 Å². The lowest BCUT2D eigenvalue weighted by Crippen LogP contribution is -2.28. The molecule has 10 heavy (non-hydrogen) atoms. The summed E-state index contributed by atoms with van der Waals surface area (Å²) in [7, 11) is 0. The number of aliphatic hydroxyl groups is 2. The van der Waals surface area contributed by atoms with Gasteiger partial charge in [0.1, 0.15) is 0 Å². The molecule has 1 fully saturated rings. The van der Waals surface area contributed by atoms with Crippen LogP contribution in [0.5, 0.6) is 0 Å². The summed E-state index contributed by atoms with van der Waals surface area (Å²) < 4.78 is 5.10. The highest BCUT2D eigenvalue weighted by molar-refractivity contribution is 6.21. The molecular formula is C6H11ClO3. The van der Waals surface area contributed by atoms with Crippen molar-refractivity contribution in [3.8, 4) is 0 Å². The van der Waals surface area contributed by atoms with Crippen molar-refractivity contribution in [3.05, 3.63) is 0 Å². The van der Waals surface area contributed by atoms with Crippen LogP contribution < -0.4 is 0 Å². The van der Waals surface area contributed by atoms with Gasteiger partial charge in [0.05, 0.1) is 30.3 Å². The van der Waals surface area contributed by atoms with E-state index in [1.807, 2.05) is 0 Å². The number of rotatable bonds is 1. The SMILES string of the molecule is C[C@@H]1OC(CO)[C@@H](Cl)[C@H]1O. The Morgan fingerprint density at radius 3 is 2.40 bits per heavy atom. The Morgan fingerprint density at radius 1 is 1.60 bits per heavy atom. The molecule has 0 amide bonds. The van der Waals surface area contributed by atoms with Crippen LogP contribution in [0.15, 0.2) is 0 Å². The van der Waals surface area contributed by atoms with Crippen molar-refractivity contribution < 1.29 is 14.9 Å². The first kappa shape index (κ1) is 8.27. The maximum Gasteiger partial charge on any atom is 0.1000 e. The van der Waals surface area contributed by atoms with Crippen LogP contribution in [-0.4, -0.2) is 40.5 Å². The number of halogens is 1. The molecule has 4 atom stereocenters. The molecule has 0 aliphatic carbocycles. The monoisotopic (exact) mass is 166 g/mol. The Labute approximate surface area is 64.6 Å². The van der Waals surface area contributed by atoms with Crippen LogP contribution in [0.25, 0.3) is 0 Å². The molecule has 60 valence electrons. The van der Waals surface area contributed by atoms with Gasteiger partial charge in [0.2, 0.25) is 0 Å². The molecule has 0 aromatic carbocycles. The summed E-state index contributed by atoms with van der Waals surface area (Å²) in [6.07, 6.45) is -1.33. The summed E-state index contributed by atoms with van der Waals surface area (Å²) in [5.41, 5.74) is 0. The van der Waals surface area contributed by atoms with Gasteiger partial charge in [-0.2, -0.15) is 0 Å². The third-order valence-corrected chi connectivity index (χ3v) is 2.27. The molecule has 4 heteroatoms. The fourth-order valence-corrected chi connectivity index (χ4v) is 1.40. The Morgan fingerprint density at radius 2 is 2.20 bits per heavy atom. The number of alkyl halides is 1. The average molecular weight is 167 g/mol. The van der Waals surface area contributed by atoms with Crippen molar-refractivity contribution in [2.75, 3.05) is 6.61 Å². The zero-order chi connectivity index (χ0) is 7.72. The van der Waals surface area contributed by atoms with Gasteiger partial charge in [-0.3, -0.25) is 0 Å². The fourth-order valence-electron chi connectivity index (χ4n) is 1.05. The lowest BCUT2D eigenvalue weighted by Gasteiger charge is -2.08. The zero-order valence-corrected chi connectivity index (χ0v) is 6.45. The minimum Gasteiger partial charge on any atom is -0.394 e. The third-order valence-electron chi connectivity index (χ3n) is 1.73. The van der Waals surface area contributed by atoms with Gasteiger partial charge in [0.15, 0.2) is 0 Å². The van der Waals surface area contributed by atoms with E-state index in [0.29, 0.717) is 0 Å². The predicted molar refractivity (Wildman–Crippen MR) is 37.1 cm³/mol. The largest absolute Gasteiger partial charge is 0.394 e. The van der Waals surface area contributed by atoms with Crippen LogP contribution in [0, 0.1) is 0 Å². The minimum atomic E-state index is -0.654. The maximum atomic E-state index is 9.20. The standard InChI is InChI=1S/C6H11ClO3/c1-3-6(9)5(7)4(2-8)10-3/h3-6,8-9H,2H2,1H3/t3-,4?,5+,6-/m0/s1. The Kier molecular flexibility index (Phi) is 2.52. The molecule has 1 aliphatic heterocycles. The van der Waals surface area contributed by atoms with Crippen molar-refractivity contribution in [1.82, 2.24) is 0 Å². The molecule has 0 bridgehead atoms. The molecule has 1 rings (SSSR count). The van der Waals surface area contributed by atoms with E-state index in [0.717, 1.165) is 0 Å². The van der Waals surface area contributed by atoms with E-state index in [9.17, 15) is 5.11 Å². The van der Waals surface area contributed by atoms with Crippen LogP contribution in [0.3, 0.4) is 0 Å². The molecule has 0 aromatic rings. The van der Waals surface area contributed by atoms with Gasteiger partial charge in [-0.25, -0.2) is 0 Å². The normalized spacial score (nSPS) is 48.0. The molecule has 2 N–H and O–H groups in total. The van der Waals surface area contributed by atoms with Crippen molar-refractivity contribution >= 4 is 11.6 Å². The summed E-state index contributed by atoms with van der Waals surface area (Å²) in [5, 5.41) is 17.4. The van der Waals surface area contributed by atoms with E-state index < -0.39 is 17.6 Å². The summed E-state index contributed by atoms with van der Waals surface area (Å²) in [5.74, 6) is 0. The number of aliphatic hydroxyl groups excluding tert-OH is 2. The Balaban J connectivity index is 2.53. The molecule has 0 saturated carbocycles. The summed E-state index contributed by atoms with van der Waals surface area (Å²) in [6, 6.07) is 0. The summed E-state index contributed by atoms with van der Waals surface area (Å²) >= 11 is 5.69. The van der Waals surface area contributed by atoms with Gasteiger partial charge in [-0.1, -0.05) is 0 Å². The van der Waals surface area contributed by atoms with Crippen LogP contribution in [-0.2, 0) is 4.74 Å². The second-order valence-corrected chi connectivity index (χ2v) is 3.00. The lowest BCUT2D eigenvalue weighted by atomic mass is 10.1. The lowest BCUT2D eigenvalue weighted by molar-refractivity contribution is 0.000758. The highest BCUT2D eigenvalue weighted by Crippen LogP contribution is 2.24. The molecule has 1 saturated heterocycles. The van der Waals surface area contributed by atoms with E-state index in [1.165, 1.54) is 0 Å². The van der Waals surface area contributed by atoms with Crippen LogP contribution >= 0.6 is 11.6 Å². The third kappa shape index (κ3) is 1.27. The second kappa shape index (κ2) is 3.05. The molecule has 3 nitrogen and oxygen atoms in total. The van der Waals surface area contributed by atoms with E-state index in [4.69, 9.17) is 21.4 Å². The first-order valence-electron chi connectivity index (χ1n) is 3.25. The van der Waals surface area contributed by atoms with E-state index in [1.54, 1.807) is 6.92 Å². The van der Waals surface area contributed by atoms with Crippen LogP contribution in [0.2, 0.25) is 0 Å². The Hall–Kier alpha value is 0.170. The smallest absolute Gasteiger partial charge is 0.1000 e. The van der Waals surface area contributed by atoms with Gasteiger partial charge >= 0.3 is 0 Å². The highest BCUT2D eigenvalue weighted by atomic mass is 35.5. The van der Waals surface area contributed by atoms with Gasteiger partial charge in [0, 0.05) is 0 Å². The molecule has 1 heterocycles. The number of ether oxygens (including phenoxy) is 1. The van der Waals surface area contributed by atoms with Crippen molar-refractivity contribution in [3.63, 3.8) is 0 Å². The minimum absolute atomic E-state index is 0.129. The van der Waals surface area contributed by atoms with Crippen LogP contribution in [0.1, 0.15) is 6.92 Å². The van der Waals surface area contributed by atoms with Crippen LogP contribution in [0.4, 0.5) is 0 Å². The molecule has 0 aromatic heterocycles. The van der Waals surface area contributed by atoms with E-state index >= 15 is 0 Å². The highest BCUT2D eigenvalue weighted by Gasteiger charge is 2.39. The topological polar surface area (TPSA) is 49.7 Å². The molecule has 0 radical (unpaired) electrons. The molecule has 0 spiro atoms. The number of hydrogen-bond acceptors (Lipinski definition) is 3. The molecule has 1 unspecified atom stereocenters. The van der Waals surface area contributed by atoms with Gasteiger partial charge in [-0.15, -0.1) is 11.6 Å². The van der Waals surface area contributed by atoms with Crippen molar-refractivity contribution in [2.24, 2.45) is 0 Å². The molecule has 1 aliphatic rings. The first-order chi connectivity index (χ1) is 4.66. The predicted octanol–water partition coefficient (Wildman–Crippen LogP) is -0.266. The summed E-state index contributed by atoms with van der Waals surface area (Å²) in [6.45, 7) is 1.60. The Bertz CT molecular complexity index is 120. The van der Waals surface area contributed by atoms with Gasteiger partial charge in [-0.05, 0) is 6.92 Å². The zero-order valence-electron chi connectivity index (χ0n) is 5.70. The van der Waals surface area contributed by atoms with Gasteiger partial charge < -0.3 is 14.9 Å². The second-order valence-electron chi connectivity index (χ2n) is 2.50. The first-order valence-corrected chi connectivity index (χ1v) is 3.69. The van der Waals surface area contributed by atoms with E-state index in [2.05, 4.69) is 0 Å².